The second-order valence-electron chi connectivity index (χ2n) is 5.53. The van der Waals surface area contributed by atoms with Crippen LogP contribution in [0.4, 0.5) is 0 Å². The van der Waals surface area contributed by atoms with Gasteiger partial charge < -0.3 is 10.2 Å². The van der Waals surface area contributed by atoms with Gasteiger partial charge >= 0.3 is 0 Å². The number of thiophene rings is 1. The lowest BCUT2D eigenvalue weighted by atomic mass is 10.0. The van der Waals surface area contributed by atoms with E-state index in [2.05, 4.69) is 61.9 Å². The van der Waals surface area contributed by atoms with Crippen LogP contribution >= 0.6 is 11.3 Å². The van der Waals surface area contributed by atoms with E-state index in [4.69, 9.17) is 0 Å². The van der Waals surface area contributed by atoms with E-state index in [-0.39, 0.29) is 0 Å². The molecule has 0 aliphatic rings. The van der Waals surface area contributed by atoms with Gasteiger partial charge in [0.05, 0.1) is 0 Å². The third-order valence-corrected chi connectivity index (χ3v) is 3.57. The largest absolute Gasteiger partial charge is 0.308 e. The number of likely N-dealkylation sites (N-methyl/N-ethyl adjacent to an activating group) is 1. The summed E-state index contributed by atoms with van der Waals surface area (Å²) in [6.07, 6.45) is 1.23. The minimum absolute atomic E-state index is 0.449. The summed E-state index contributed by atoms with van der Waals surface area (Å²) < 4.78 is 0. The van der Waals surface area contributed by atoms with Gasteiger partial charge in [0.1, 0.15) is 0 Å². The van der Waals surface area contributed by atoms with Crippen LogP contribution in [0.1, 0.15) is 38.8 Å². The lowest BCUT2D eigenvalue weighted by Crippen LogP contribution is -2.40. The average Bonchev–Trinajstić information content (AvgIpc) is 2.67. The Morgan fingerprint density at radius 1 is 1.29 bits per heavy atom. The van der Waals surface area contributed by atoms with Crippen molar-refractivity contribution in [2.24, 2.45) is 5.92 Å². The molecule has 2 nitrogen and oxygen atoms in total. The van der Waals surface area contributed by atoms with E-state index in [9.17, 15) is 0 Å². The van der Waals surface area contributed by atoms with Gasteiger partial charge in [0, 0.05) is 18.6 Å². The quantitative estimate of drug-likeness (QED) is 0.802. The first kappa shape index (κ1) is 14.7. The zero-order valence-electron chi connectivity index (χ0n) is 11.7. The van der Waals surface area contributed by atoms with Crippen LogP contribution in [0.2, 0.25) is 0 Å². The molecule has 0 amide bonds. The molecule has 1 N–H and O–H groups in total. The number of hydrogen-bond acceptors (Lipinski definition) is 3. The molecule has 0 saturated carbocycles. The molecule has 0 aliphatic heterocycles. The second kappa shape index (κ2) is 7.14. The second-order valence-corrected chi connectivity index (χ2v) is 6.31. The summed E-state index contributed by atoms with van der Waals surface area (Å²) in [7, 11) is 4.29. The molecular formula is C14H26N2S. The number of rotatable bonds is 7. The smallest absolute Gasteiger partial charge is 0.0303 e. The third kappa shape index (κ3) is 5.66. The molecule has 0 radical (unpaired) electrons. The fourth-order valence-corrected chi connectivity index (χ4v) is 2.93. The Morgan fingerprint density at radius 3 is 2.47 bits per heavy atom. The van der Waals surface area contributed by atoms with Gasteiger partial charge in [-0.25, -0.2) is 0 Å². The molecule has 3 heteroatoms. The van der Waals surface area contributed by atoms with Crippen LogP contribution in [0.3, 0.4) is 0 Å². The van der Waals surface area contributed by atoms with Gasteiger partial charge in [0.25, 0.3) is 0 Å². The van der Waals surface area contributed by atoms with Gasteiger partial charge in [-0.05, 0) is 55.7 Å². The first-order valence-corrected chi connectivity index (χ1v) is 7.36. The fraction of sp³-hybridized carbons (Fsp3) is 0.714. The van der Waals surface area contributed by atoms with Crippen molar-refractivity contribution in [3.63, 3.8) is 0 Å². The predicted octanol–water partition coefficient (Wildman–Crippen LogP) is 3.38. The van der Waals surface area contributed by atoms with Crippen molar-refractivity contribution in [3.8, 4) is 0 Å². The Morgan fingerprint density at radius 2 is 2.00 bits per heavy atom. The average molecular weight is 254 g/mol. The molecule has 98 valence electrons. The maximum absolute atomic E-state index is 3.75. The summed E-state index contributed by atoms with van der Waals surface area (Å²) >= 11 is 1.77. The Balaban J connectivity index is 2.52. The molecule has 0 spiro atoms. The van der Waals surface area contributed by atoms with Crippen molar-refractivity contribution < 1.29 is 0 Å². The van der Waals surface area contributed by atoms with Crippen molar-refractivity contribution in [3.05, 3.63) is 22.4 Å². The summed E-state index contributed by atoms with van der Waals surface area (Å²) in [6, 6.07) is 3.23. The normalized spacial score (nSPS) is 15.5. The van der Waals surface area contributed by atoms with Crippen LogP contribution < -0.4 is 5.32 Å². The molecule has 0 fully saturated rings. The van der Waals surface area contributed by atoms with Gasteiger partial charge in [-0.15, -0.1) is 0 Å². The summed E-state index contributed by atoms with van der Waals surface area (Å²) in [6.45, 7) is 7.94. The lowest BCUT2D eigenvalue weighted by Gasteiger charge is -2.27. The minimum Gasteiger partial charge on any atom is -0.308 e. The topological polar surface area (TPSA) is 15.3 Å². The minimum atomic E-state index is 0.449. The zero-order chi connectivity index (χ0) is 12.8. The molecule has 17 heavy (non-hydrogen) atoms. The van der Waals surface area contributed by atoms with Crippen molar-refractivity contribution in [1.82, 2.24) is 10.2 Å². The molecule has 0 aromatic carbocycles. The van der Waals surface area contributed by atoms with Crippen LogP contribution in [-0.2, 0) is 0 Å². The van der Waals surface area contributed by atoms with Crippen LogP contribution in [0.5, 0.6) is 0 Å². The van der Waals surface area contributed by atoms with Gasteiger partial charge in [-0.3, -0.25) is 0 Å². The highest BCUT2D eigenvalue weighted by atomic mass is 32.1. The molecule has 0 saturated heterocycles. The van der Waals surface area contributed by atoms with E-state index in [1.807, 2.05) is 0 Å². The van der Waals surface area contributed by atoms with E-state index >= 15 is 0 Å². The van der Waals surface area contributed by atoms with Crippen LogP contribution in [0, 0.1) is 5.92 Å². The number of nitrogens with zero attached hydrogens (tertiary/aromatic N) is 1. The van der Waals surface area contributed by atoms with Crippen LogP contribution in [0.15, 0.2) is 16.8 Å². The number of hydrogen-bond donors (Lipinski definition) is 1. The maximum Gasteiger partial charge on any atom is 0.0303 e. The first-order chi connectivity index (χ1) is 7.99. The van der Waals surface area contributed by atoms with E-state index in [0.29, 0.717) is 12.1 Å². The van der Waals surface area contributed by atoms with Gasteiger partial charge in [0.2, 0.25) is 0 Å². The fourth-order valence-electron chi connectivity index (χ4n) is 2.18. The monoisotopic (exact) mass is 254 g/mol. The molecule has 1 heterocycles. The van der Waals surface area contributed by atoms with E-state index in [1.54, 1.807) is 11.3 Å². The Kier molecular flexibility index (Phi) is 6.17. The van der Waals surface area contributed by atoms with Crippen molar-refractivity contribution in [1.29, 1.82) is 0 Å². The molecule has 1 aromatic heterocycles. The SMILES string of the molecule is CC(C)CC(CN(C)C)NC(C)c1ccsc1. The Hall–Kier alpha value is -0.380. The van der Waals surface area contributed by atoms with Crippen molar-refractivity contribution in [2.75, 3.05) is 20.6 Å². The first-order valence-electron chi connectivity index (χ1n) is 6.42. The molecule has 2 atom stereocenters. The highest BCUT2D eigenvalue weighted by molar-refractivity contribution is 7.07. The molecule has 0 bridgehead atoms. The predicted molar refractivity (Wildman–Crippen MR) is 77.7 cm³/mol. The van der Waals surface area contributed by atoms with Crippen molar-refractivity contribution >= 4 is 11.3 Å². The molecule has 1 rings (SSSR count). The molecular weight excluding hydrogens is 228 g/mol. The Labute approximate surface area is 110 Å². The van der Waals surface area contributed by atoms with Crippen molar-refractivity contribution in [2.45, 2.75) is 39.3 Å². The lowest BCUT2D eigenvalue weighted by molar-refractivity contribution is 0.291. The third-order valence-electron chi connectivity index (χ3n) is 2.87. The zero-order valence-corrected chi connectivity index (χ0v) is 12.6. The van der Waals surface area contributed by atoms with E-state index in [1.165, 1.54) is 12.0 Å². The van der Waals surface area contributed by atoms with Crippen LogP contribution in [0.25, 0.3) is 0 Å². The summed E-state index contributed by atoms with van der Waals surface area (Å²) in [5.41, 5.74) is 1.41. The molecule has 1 aromatic rings. The van der Waals surface area contributed by atoms with Crippen LogP contribution in [-0.4, -0.2) is 31.6 Å². The molecule has 0 aliphatic carbocycles. The summed E-state index contributed by atoms with van der Waals surface area (Å²) in [4.78, 5) is 2.26. The number of nitrogens with one attached hydrogen (secondary N) is 1. The highest BCUT2D eigenvalue weighted by Crippen LogP contribution is 2.18. The summed E-state index contributed by atoms with van der Waals surface area (Å²) in [5, 5.41) is 8.13. The highest BCUT2D eigenvalue weighted by Gasteiger charge is 2.15. The van der Waals surface area contributed by atoms with Gasteiger partial charge in [-0.2, -0.15) is 11.3 Å². The standard InChI is InChI=1S/C14H26N2S/c1-11(2)8-14(9-16(4)5)15-12(3)13-6-7-17-10-13/h6-7,10-12,14-15H,8-9H2,1-5H3. The molecule has 2 unspecified atom stereocenters. The Bertz CT molecular complexity index is 283. The van der Waals surface area contributed by atoms with E-state index in [0.717, 1.165) is 12.5 Å². The maximum atomic E-state index is 3.75. The van der Waals surface area contributed by atoms with E-state index < -0.39 is 0 Å². The van der Waals surface area contributed by atoms with Gasteiger partial charge in [-0.1, -0.05) is 13.8 Å². The van der Waals surface area contributed by atoms with Gasteiger partial charge in [0.15, 0.2) is 0 Å². The summed E-state index contributed by atoms with van der Waals surface area (Å²) in [5.74, 6) is 0.738.